The van der Waals surface area contributed by atoms with Crippen molar-refractivity contribution in [3.05, 3.63) is 106 Å². The maximum atomic E-state index is 12.2. The first-order valence-corrected chi connectivity index (χ1v) is 17.5. The first-order valence-electron chi connectivity index (χ1n) is 17.5. The fourth-order valence-corrected chi connectivity index (χ4v) is 7.10. The molecule has 0 N–H and O–H groups in total. The molecular formula is C41H51NO5. The SMILES string of the molecule is COC(=O)CCCCN(CCc1ccccc1OCc1ccc(/C=C/C2CCCCC2)cc1)C1CCCc2cc(C(=O)OC)ccc21. The van der Waals surface area contributed by atoms with Gasteiger partial charge < -0.3 is 14.2 Å². The van der Waals surface area contributed by atoms with Crippen LogP contribution < -0.4 is 4.74 Å². The van der Waals surface area contributed by atoms with Gasteiger partial charge in [0.25, 0.3) is 0 Å². The standard InChI is InChI=1S/C41H51NO5/c1-45-40(43)17-8-9-27-42(38-15-10-14-35-29-36(41(44)46-2)24-25-37(35)38)28-26-34-13-6-7-16-39(34)47-30-33-22-20-32(21-23-33)19-18-31-11-4-3-5-12-31/h6-7,13,16,18-25,29,31,38H,3-5,8-12,14-15,17,26-28,30H2,1-2H3/b19-18+. The van der Waals surface area contributed by atoms with E-state index in [4.69, 9.17) is 14.2 Å². The lowest BCUT2D eigenvalue weighted by molar-refractivity contribution is -0.140. The molecule has 0 bridgehead atoms. The summed E-state index contributed by atoms with van der Waals surface area (Å²) in [6, 6.07) is 23.4. The van der Waals surface area contributed by atoms with Crippen LogP contribution in [0.5, 0.6) is 5.75 Å². The number of nitrogens with zero attached hydrogens (tertiary/aromatic N) is 1. The van der Waals surface area contributed by atoms with Crippen molar-refractivity contribution in [2.45, 2.75) is 89.7 Å². The van der Waals surface area contributed by atoms with Gasteiger partial charge in [0.2, 0.25) is 0 Å². The minimum atomic E-state index is -0.298. The van der Waals surface area contributed by atoms with Crippen molar-refractivity contribution in [3.63, 3.8) is 0 Å². The van der Waals surface area contributed by atoms with Gasteiger partial charge in [-0.2, -0.15) is 0 Å². The van der Waals surface area contributed by atoms with Gasteiger partial charge in [-0.25, -0.2) is 4.79 Å². The Bertz CT molecular complexity index is 1470. The molecule has 6 heteroatoms. The van der Waals surface area contributed by atoms with E-state index in [1.165, 1.54) is 68.6 Å². The lowest BCUT2D eigenvalue weighted by atomic mass is 9.85. The summed E-state index contributed by atoms with van der Waals surface area (Å²) < 4.78 is 16.2. The Morgan fingerprint density at radius 2 is 1.66 bits per heavy atom. The number of carbonyl (C=O) groups excluding carboxylic acids is 2. The average molecular weight is 638 g/mol. The molecule has 1 unspecified atom stereocenters. The smallest absolute Gasteiger partial charge is 0.337 e. The lowest BCUT2D eigenvalue weighted by Crippen LogP contribution is -2.34. The quantitative estimate of drug-likeness (QED) is 0.123. The highest BCUT2D eigenvalue weighted by molar-refractivity contribution is 5.89. The van der Waals surface area contributed by atoms with Gasteiger partial charge in [0.15, 0.2) is 0 Å². The monoisotopic (exact) mass is 637 g/mol. The molecule has 3 aromatic rings. The Morgan fingerprint density at radius 1 is 0.851 bits per heavy atom. The second kappa shape index (κ2) is 17.9. The molecule has 2 aliphatic rings. The number of esters is 2. The summed E-state index contributed by atoms with van der Waals surface area (Å²) in [6.45, 7) is 2.27. The Hall–Kier alpha value is -3.90. The van der Waals surface area contributed by atoms with Crippen molar-refractivity contribution in [2.24, 2.45) is 5.92 Å². The van der Waals surface area contributed by atoms with Crippen molar-refractivity contribution in [2.75, 3.05) is 27.3 Å². The average Bonchev–Trinajstić information content (AvgIpc) is 3.13. The minimum Gasteiger partial charge on any atom is -0.489 e. The number of hydrogen-bond acceptors (Lipinski definition) is 6. The largest absolute Gasteiger partial charge is 0.489 e. The summed E-state index contributed by atoms with van der Waals surface area (Å²) in [5.74, 6) is 1.19. The van der Waals surface area contributed by atoms with Gasteiger partial charge in [0, 0.05) is 19.0 Å². The third kappa shape index (κ3) is 10.0. The molecule has 0 saturated heterocycles. The van der Waals surface area contributed by atoms with E-state index < -0.39 is 0 Å². The number of aryl methyl sites for hydroxylation is 1. The van der Waals surface area contributed by atoms with Crippen molar-refractivity contribution in [1.29, 1.82) is 0 Å². The molecule has 0 heterocycles. The highest BCUT2D eigenvalue weighted by atomic mass is 16.5. The molecule has 1 atom stereocenters. The number of benzene rings is 3. The molecule has 0 aliphatic heterocycles. The molecular weight excluding hydrogens is 586 g/mol. The van der Waals surface area contributed by atoms with Crippen LogP contribution in [0.1, 0.15) is 108 Å². The van der Waals surface area contributed by atoms with Crippen LogP contribution in [0, 0.1) is 5.92 Å². The van der Waals surface area contributed by atoms with Gasteiger partial charge in [-0.05, 0) is 110 Å². The summed E-state index contributed by atoms with van der Waals surface area (Å²) in [6.07, 6.45) is 17.5. The fraction of sp³-hybridized carbons (Fsp3) is 0.463. The molecule has 0 amide bonds. The summed E-state index contributed by atoms with van der Waals surface area (Å²) in [5, 5.41) is 0. The van der Waals surface area contributed by atoms with Gasteiger partial charge in [-0.15, -0.1) is 0 Å². The van der Waals surface area contributed by atoms with E-state index in [0.29, 0.717) is 18.6 Å². The van der Waals surface area contributed by atoms with Crippen LogP contribution in [-0.4, -0.2) is 44.1 Å². The Morgan fingerprint density at radius 3 is 2.45 bits per heavy atom. The molecule has 3 aromatic carbocycles. The van der Waals surface area contributed by atoms with Crippen LogP contribution in [0.3, 0.4) is 0 Å². The van der Waals surface area contributed by atoms with Crippen molar-refractivity contribution in [3.8, 4) is 5.75 Å². The number of para-hydroxylation sites is 1. The van der Waals surface area contributed by atoms with Gasteiger partial charge in [0.1, 0.15) is 12.4 Å². The van der Waals surface area contributed by atoms with Crippen LogP contribution in [0.4, 0.5) is 0 Å². The summed E-state index contributed by atoms with van der Waals surface area (Å²) in [4.78, 5) is 26.5. The van der Waals surface area contributed by atoms with Crippen LogP contribution in [-0.2, 0) is 33.7 Å². The Kier molecular flexibility index (Phi) is 13.1. The molecule has 1 saturated carbocycles. The van der Waals surface area contributed by atoms with Gasteiger partial charge >= 0.3 is 11.9 Å². The van der Waals surface area contributed by atoms with Crippen molar-refractivity contribution >= 4 is 18.0 Å². The maximum Gasteiger partial charge on any atom is 0.337 e. The lowest BCUT2D eigenvalue weighted by Gasteiger charge is -2.36. The predicted octanol–water partition coefficient (Wildman–Crippen LogP) is 8.91. The molecule has 0 spiro atoms. The van der Waals surface area contributed by atoms with E-state index in [0.717, 1.165) is 68.8 Å². The van der Waals surface area contributed by atoms with E-state index in [9.17, 15) is 9.59 Å². The summed E-state index contributed by atoms with van der Waals surface area (Å²) >= 11 is 0. The fourth-order valence-electron chi connectivity index (χ4n) is 7.10. The molecule has 0 aromatic heterocycles. The third-order valence-corrected chi connectivity index (χ3v) is 9.82. The Labute approximate surface area is 281 Å². The zero-order chi connectivity index (χ0) is 32.8. The third-order valence-electron chi connectivity index (χ3n) is 9.82. The van der Waals surface area contributed by atoms with E-state index in [1.807, 2.05) is 18.2 Å². The molecule has 6 nitrogen and oxygen atoms in total. The highest BCUT2D eigenvalue weighted by Gasteiger charge is 2.27. The molecule has 5 rings (SSSR count). The number of methoxy groups -OCH3 is 2. The number of carbonyl (C=O) groups is 2. The van der Waals surface area contributed by atoms with Gasteiger partial charge in [-0.3, -0.25) is 9.69 Å². The number of ether oxygens (including phenoxy) is 3. The molecule has 250 valence electrons. The number of hydrogen-bond donors (Lipinski definition) is 0. The zero-order valence-corrected chi connectivity index (χ0v) is 28.3. The predicted molar refractivity (Wildman–Crippen MR) is 187 cm³/mol. The molecule has 0 radical (unpaired) electrons. The number of fused-ring (bicyclic) bond motifs is 1. The van der Waals surface area contributed by atoms with Crippen LogP contribution >= 0.6 is 0 Å². The number of allylic oxidation sites excluding steroid dienone is 1. The minimum absolute atomic E-state index is 0.161. The molecule has 1 fully saturated rings. The summed E-state index contributed by atoms with van der Waals surface area (Å²) in [5.41, 5.74) is 6.72. The summed E-state index contributed by atoms with van der Waals surface area (Å²) in [7, 11) is 2.87. The van der Waals surface area contributed by atoms with E-state index >= 15 is 0 Å². The van der Waals surface area contributed by atoms with Crippen molar-refractivity contribution < 1.29 is 23.8 Å². The second-order valence-electron chi connectivity index (χ2n) is 13.0. The first-order chi connectivity index (χ1) is 23.0. The van der Waals surface area contributed by atoms with E-state index in [1.54, 1.807) is 0 Å². The van der Waals surface area contributed by atoms with Crippen LogP contribution in [0.25, 0.3) is 6.08 Å². The van der Waals surface area contributed by atoms with E-state index in [2.05, 4.69) is 65.6 Å². The highest BCUT2D eigenvalue weighted by Crippen LogP contribution is 2.36. The van der Waals surface area contributed by atoms with E-state index in [-0.39, 0.29) is 18.0 Å². The second-order valence-corrected chi connectivity index (χ2v) is 13.0. The maximum absolute atomic E-state index is 12.2. The zero-order valence-electron chi connectivity index (χ0n) is 28.3. The Balaban J connectivity index is 1.23. The van der Waals surface area contributed by atoms with Gasteiger partial charge in [0.05, 0.1) is 19.8 Å². The van der Waals surface area contributed by atoms with Crippen LogP contribution in [0.15, 0.2) is 72.8 Å². The molecule has 47 heavy (non-hydrogen) atoms. The molecule has 2 aliphatic carbocycles. The first kappa shape index (κ1) is 34.4. The van der Waals surface area contributed by atoms with Crippen molar-refractivity contribution in [1.82, 2.24) is 4.90 Å². The van der Waals surface area contributed by atoms with Gasteiger partial charge in [-0.1, -0.05) is 79.9 Å². The topological polar surface area (TPSA) is 65.1 Å². The normalized spacial score (nSPS) is 16.6. The van der Waals surface area contributed by atoms with Crippen LogP contribution in [0.2, 0.25) is 0 Å². The number of rotatable bonds is 15. The number of unbranched alkanes of at least 4 members (excludes halogenated alkanes) is 1.